The van der Waals surface area contributed by atoms with Crippen molar-refractivity contribution >= 4 is 151 Å². The van der Waals surface area contributed by atoms with Crippen LogP contribution in [0.4, 0.5) is 0 Å². The van der Waals surface area contributed by atoms with Gasteiger partial charge in [-0.25, -0.2) is 29.9 Å². The van der Waals surface area contributed by atoms with Crippen LogP contribution >= 0.6 is 22.7 Å². The van der Waals surface area contributed by atoms with Gasteiger partial charge in [0.05, 0.1) is 0 Å². The van der Waals surface area contributed by atoms with Crippen LogP contribution in [0.2, 0.25) is 0 Å². The number of benzene rings is 14. The number of aromatic nitrogens is 6. The molecule has 8 heterocycles. The summed E-state index contributed by atoms with van der Waals surface area (Å²) in [5.74, 6) is 3.22. The Hall–Kier alpha value is -13.3. The Bertz CT molecular complexity index is 7280. The highest BCUT2D eigenvalue weighted by Gasteiger charge is 2.23. The van der Waals surface area contributed by atoms with Gasteiger partial charge in [0, 0.05) is 117 Å². The number of fused-ring (bicyclic) bond motifs is 18. The Morgan fingerprint density at radius 2 is 0.539 bits per heavy atom. The van der Waals surface area contributed by atoms with Crippen LogP contribution in [-0.2, 0) is 0 Å². The number of para-hydroxylation sites is 1. The quantitative estimate of drug-likeness (QED) is 0.138. The maximum atomic E-state index is 6.67. The van der Waals surface area contributed by atoms with Gasteiger partial charge in [-0.3, -0.25) is 0 Å². The SMILES string of the molecule is c1ccc(-c2nc(-c3ccc4c(c3)oc3ccc(-c5cccc6c5sc5ccccc56)cc34)nc(-c3ccc4oc5cc(-c6ccc(-c7nc(-c8ccc9c(c8)oc8ccc(-c%10cccc%11c%10sc%10ccccc%10%11)cc89)nc(-c8cccc9oc%10ccccc%10c89)n7)cc6)ccc5c4c3)n2)cc1. The highest BCUT2D eigenvalue weighted by Crippen LogP contribution is 2.46. The molecular formula is C90H48N6O4S2. The van der Waals surface area contributed by atoms with Gasteiger partial charge in [0.15, 0.2) is 34.9 Å². The van der Waals surface area contributed by atoms with Gasteiger partial charge in [-0.15, -0.1) is 22.7 Å². The highest BCUT2D eigenvalue weighted by atomic mass is 32.1. The van der Waals surface area contributed by atoms with E-state index in [9.17, 15) is 0 Å². The third-order valence-electron chi connectivity index (χ3n) is 20.0. The zero-order chi connectivity index (χ0) is 66.7. The van der Waals surface area contributed by atoms with Crippen molar-refractivity contribution < 1.29 is 17.7 Å². The molecule has 0 atom stereocenters. The smallest absolute Gasteiger partial charge is 0.164 e. The molecule has 0 bridgehead atoms. The first-order valence-electron chi connectivity index (χ1n) is 33.8. The molecule has 14 aromatic carbocycles. The molecule has 0 unspecified atom stereocenters. The van der Waals surface area contributed by atoms with Crippen LogP contribution in [0.25, 0.3) is 230 Å². The van der Waals surface area contributed by atoms with Gasteiger partial charge in [-0.2, -0.15) is 0 Å². The largest absolute Gasteiger partial charge is 0.456 e. The molecule has 0 aliphatic heterocycles. The molecule has 0 spiro atoms. The van der Waals surface area contributed by atoms with E-state index in [1.807, 2.05) is 102 Å². The third kappa shape index (κ3) is 9.03. The molecule has 102 heavy (non-hydrogen) atoms. The summed E-state index contributed by atoms with van der Waals surface area (Å²) in [5.41, 5.74) is 17.9. The average molecular weight is 1340 g/mol. The standard InChI is InChI=1S/C90H48N6O4S2/c1-2-13-50(14-3-1)85-91-87(94-88(92-85)56-32-38-61-69-43-53(34-40-73(69)99-78(61)47-56)58-18-10-20-65-63-15-5-8-25-80(63)101-83(58)65)55-36-42-75-71(45-55)60-37-31-52(46-77(60)98-75)49-27-29-51(30-28-49)86-93-89(96-90(95-86)68-22-12-24-76-82(68)67-17-4-7-23-72(67)97-76)57-33-39-62-70-44-54(35-41-74(70)100-79(62)48-57)59-19-11-21-66-64-16-6-9-26-81(64)102-84(59)66/h1-48H. The summed E-state index contributed by atoms with van der Waals surface area (Å²) in [6.07, 6.45) is 0. The second-order valence-corrected chi connectivity index (χ2v) is 28.1. The second kappa shape index (κ2) is 22.1. The lowest BCUT2D eigenvalue weighted by atomic mass is 10.0. The van der Waals surface area contributed by atoms with E-state index in [0.29, 0.717) is 34.9 Å². The minimum atomic E-state index is 0.516. The number of nitrogens with zero attached hydrogens (tertiary/aromatic N) is 6. The van der Waals surface area contributed by atoms with Crippen molar-refractivity contribution in [3.8, 4) is 102 Å². The van der Waals surface area contributed by atoms with E-state index >= 15 is 0 Å². The van der Waals surface area contributed by atoms with Crippen LogP contribution in [0.3, 0.4) is 0 Å². The van der Waals surface area contributed by atoms with E-state index in [4.69, 9.17) is 47.6 Å². The van der Waals surface area contributed by atoms with Gasteiger partial charge >= 0.3 is 0 Å². The molecular weight excluding hydrogens is 1290 g/mol. The van der Waals surface area contributed by atoms with Gasteiger partial charge in [0.1, 0.15) is 44.7 Å². The average Bonchev–Trinajstić information content (AvgIpc) is 1.59. The van der Waals surface area contributed by atoms with Crippen LogP contribution in [0.1, 0.15) is 0 Å². The summed E-state index contributed by atoms with van der Waals surface area (Å²) in [6, 6.07) is 101. The van der Waals surface area contributed by atoms with Gasteiger partial charge in [-0.05, 0) is 137 Å². The lowest BCUT2D eigenvalue weighted by Crippen LogP contribution is -2.00. The highest BCUT2D eigenvalue weighted by molar-refractivity contribution is 7.26. The summed E-state index contributed by atoms with van der Waals surface area (Å²) in [6.45, 7) is 0. The van der Waals surface area contributed by atoms with Crippen molar-refractivity contribution in [2.24, 2.45) is 0 Å². The van der Waals surface area contributed by atoms with E-state index < -0.39 is 0 Å². The van der Waals surface area contributed by atoms with Crippen molar-refractivity contribution in [3.63, 3.8) is 0 Å². The zero-order valence-corrected chi connectivity index (χ0v) is 55.5. The molecule has 0 saturated heterocycles. The summed E-state index contributed by atoms with van der Waals surface area (Å²) in [4.78, 5) is 31.2. The Morgan fingerprint density at radius 3 is 1.10 bits per heavy atom. The monoisotopic (exact) mass is 1340 g/mol. The first-order chi connectivity index (χ1) is 50.4. The number of rotatable bonds is 9. The van der Waals surface area contributed by atoms with E-state index in [2.05, 4.69) is 212 Å². The van der Waals surface area contributed by atoms with Crippen molar-refractivity contribution in [2.45, 2.75) is 0 Å². The molecule has 8 aromatic heterocycles. The number of furan rings is 4. The van der Waals surface area contributed by atoms with E-state index in [1.54, 1.807) is 0 Å². The molecule has 0 amide bonds. The van der Waals surface area contributed by atoms with Gasteiger partial charge in [-0.1, -0.05) is 188 Å². The van der Waals surface area contributed by atoms with Crippen LogP contribution < -0.4 is 0 Å². The van der Waals surface area contributed by atoms with Crippen LogP contribution in [0, 0.1) is 0 Å². The van der Waals surface area contributed by atoms with Crippen molar-refractivity contribution in [2.75, 3.05) is 0 Å². The van der Waals surface area contributed by atoms with Gasteiger partial charge in [0.25, 0.3) is 0 Å². The fraction of sp³-hybridized carbons (Fsp3) is 0. The fourth-order valence-electron chi connectivity index (χ4n) is 15.1. The van der Waals surface area contributed by atoms with Crippen molar-refractivity contribution in [1.82, 2.24) is 29.9 Å². The van der Waals surface area contributed by atoms with E-state index in [-0.39, 0.29) is 0 Å². The Labute approximate surface area is 587 Å². The molecule has 0 saturated carbocycles. The molecule has 0 fully saturated rings. The van der Waals surface area contributed by atoms with Crippen LogP contribution in [0.5, 0.6) is 0 Å². The van der Waals surface area contributed by atoms with Crippen LogP contribution in [0.15, 0.2) is 309 Å². The minimum absolute atomic E-state index is 0.516. The Morgan fingerprint density at radius 1 is 0.186 bits per heavy atom. The first-order valence-corrected chi connectivity index (χ1v) is 35.4. The number of hydrogen-bond acceptors (Lipinski definition) is 12. The molecule has 22 aromatic rings. The van der Waals surface area contributed by atoms with Crippen LogP contribution in [-0.4, -0.2) is 29.9 Å². The summed E-state index contributed by atoms with van der Waals surface area (Å²) >= 11 is 3.68. The molecule has 474 valence electrons. The summed E-state index contributed by atoms with van der Waals surface area (Å²) < 4.78 is 31.5. The topological polar surface area (TPSA) is 130 Å². The predicted octanol–water partition coefficient (Wildman–Crippen LogP) is 25.4. The molecule has 0 radical (unpaired) electrons. The first kappa shape index (κ1) is 56.7. The van der Waals surface area contributed by atoms with Gasteiger partial charge < -0.3 is 17.7 Å². The number of hydrogen-bond donors (Lipinski definition) is 0. The lowest BCUT2D eigenvalue weighted by Gasteiger charge is -2.10. The summed E-state index contributed by atoms with van der Waals surface area (Å²) in [5, 5.41) is 13.1. The number of thiophene rings is 2. The maximum absolute atomic E-state index is 6.67. The Balaban J connectivity index is 0.594. The third-order valence-corrected chi connectivity index (χ3v) is 22.5. The van der Waals surface area contributed by atoms with Gasteiger partial charge in [0.2, 0.25) is 0 Å². The van der Waals surface area contributed by atoms with E-state index in [0.717, 1.165) is 143 Å². The maximum Gasteiger partial charge on any atom is 0.164 e. The van der Waals surface area contributed by atoms with Crippen molar-refractivity contribution in [3.05, 3.63) is 291 Å². The molecule has 0 aliphatic rings. The molecule has 22 rings (SSSR count). The normalized spacial score (nSPS) is 12.1. The second-order valence-electron chi connectivity index (χ2n) is 26.0. The van der Waals surface area contributed by atoms with E-state index in [1.165, 1.54) is 51.5 Å². The summed E-state index contributed by atoms with van der Waals surface area (Å²) in [7, 11) is 0. The molecule has 0 N–H and O–H groups in total. The molecule has 10 nitrogen and oxygen atoms in total. The lowest BCUT2D eigenvalue weighted by molar-refractivity contribution is 0.668. The fourth-order valence-corrected chi connectivity index (χ4v) is 17.6. The Kier molecular flexibility index (Phi) is 12.3. The molecule has 0 aliphatic carbocycles. The molecule has 12 heteroatoms. The zero-order valence-electron chi connectivity index (χ0n) is 53.8. The predicted molar refractivity (Wildman–Crippen MR) is 417 cm³/mol. The van der Waals surface area contributed by atoms with Crippen molar-refractivity contribution in [1.29, 1.82) is 0 Å². The minimum Gasteiger partial charge on any atom is -0.456 e.